The minimum absolute atomic E-state index is 0.155. The van der Waals surface area contributed by atoms with Gasteiger partial charge in [-0.2, -0.15) is 4.31 Å². The van der Waals surface area contributed by atoms with E-state index in [1.54, 1.807) is 24.3 Å². The predicted molar refractivity (Wildman–Crippen MR) is 84.5 cm³/mol. The quantitative estimate of drug-likeness (QED) is 0.872. The second-order valence-electron chi connectivity index (χ2n) is 5.13. The summed E-state index contributed by atoms with van der Waals surface area (Å²) in [7, 11) is -3.65. The van der Waals surface area contributed by atoms with Gasteiger partial charge in [-0.1, -0.05) is 54.6 Å². The first-order valence-corrected chi connectivity index (χ1v) is 8.48. The molecule has 0 spiro atoms. The first-order chi connectivity index (χ1) is 10.6. The van der Waals surface area contributed by atoms with Gasteiger partial charge in [-0.25, -0.2) is 12.8 Å². The number of benzene rings is 2. The van der Waals surface area contributed by atoms with Crippen molar-refractivity contribution in [3.63, 3.8) is 0 Å². The van der Waals surface area contributed by atoms with Crippen molar-refractivity contribution in [2.45, 2.75) is 11.1 Å². The number of alkyl halides is 1. The van der Waals surface area contributed by atoms with Gasteiger partial charge >= 0.3 is 0 Å². The standard InChI is InChI=1S/C17H16FNO2S/c18-17-13-19(22(20,21)15-9-5-2-6-10-15)12-11-16(17)14-7-3-1-4-8-14/h1-11,17H,12-13H2. The Morgan fingerprint density at radius 1 is 0.955 bits per heavy atom. The second kappa shape index (κ2) is 6.02. The Balaban J connectivity index is 1.87. The van der Waals surface area contributed by atoms with E-state index in [0.717, 1.165) is 5.56 Å². The van der Waals surface area contributed by atoms with E-state index in [4.69, 9.17) is 0 Å². The summed E-state index contributed by atoms with van der Waals surface area (Å²) in [6.07, 6.45) is 0.332. The number of nitrogens with zero attached hydrogens (tertiary/aromatic N) is 1. The van der Waals surface area contributed by atoms with Crippen molar-refractivity contribution >= 4 is 15.6 Å². The molecule has 1 atom stereocenters. The number of hydrogen-bond acceptors (Lipinski definition) is 2. The molecule has 1 aliphatic heterocycles. The molecule has 1 unspecified atom stereocenters. The van der Waals surface area contributed by atoms with Crippen molar-refractivity contribution in [3.05, 3.63) is 72.3 Å². The smallest absolute Gasteiger partial charge is 0.241 e. The molecule has 1 aliphatic rings. The Kier molecular flexibility index (Phi) is 4.09. The molecule has 0 fully saturated rings. The molecule has 3 rings (SSSR count). The van der Waals surface area contributed by atoms with Crippen LogP contribution < -0.4 is 0 Å². The zero-order valence-electron chi connectivity index (χ0n) is 11.9. The van der Waals surface area contributed by atoms with Gasteiger partial charge in [0.25, 0.3) is 0 Å². The van der Waals surface area contributed by atoms with E-state index in [-0.39, 0.29) is 18.0 Å². The van der Waals surface area contributed by atoms with Crippen LogP contribution in [0.1, 0.15) is 5.56 Å². The molecule has 0 amide bonds. The van der Waals surface area contributed by atoms with E-state index in [1.807, 2.05) is 30.3 Å². The number of sulfonamides is 1. The molecule has 2 aromatic carbocycles. The number of rotatable bonds is 3. The molecule has 0 aromatic heterocycles. The fourth-order valence-electron chi connectivity index (χ4n) is 2.55. The SMILES string of the molecule is O=S(=O)(c1ccccc1)N1CC=C(c2ccccc2)C(F)C1. The first-order valence-electron chi connectivity index (χ1n) is 7.04. The highest BCUT2D eigenvalue weighted by Crippen LogP contribution is 2.28. The van der Waals surface area contributed by atoms with Crippen molar-refractivity contribution in [3.8, 4) is 0 Å². The zero-order valence-corrected chi connectivity index (χ0v) is 12.7. The maximum Gasteiger partial charge on any atom is 0.243 e. The summed E-state index contributed by atoms with van der Waals surface area (Å²) in [5.74, 6) is 0. The van der Waals surface area contributed by atoms with Gasteiger partial charge in [0.15, 0.2) is 0 Å². The summed E-state index contributed by atoms with van der Waals surface area (Å²) in [5.41, 5.74) is 1.35. The molecule has 0 saturated heterocycles. The Hall–Kier alpha value is -1.98. The molecule has 114 valence electrons. The van der Waals surface area contributed by atoms with Crippen molar-refractivity contribution in [1.82, 2.24) is 4.31 Å². The molecule has 0 aliphatic carbocycles. The lowest BCUT2D eigenvalue weighted by molar-refractivity contribution is 0.312. The molecule has 0 N–H and O–H groups in total. The van der Waals surface area contributed by atoms with Crippen LogP contribution in [0.15, 0.2) is 71.6 Å². The molecule has 3 nitrogen and oxygen atoms in total. The Bertz CT molecular complexity index is 773. The van der Waals surface area contributed by atoms with E-state index >= 15 is 0 Å². The molecule has 0 radical (unpaired) electrons. The third kappa shape index (κ3) is 2.82. The van der Waals surface area contributed by atoms with E-state index in [9.17, 15) is 12.8 Å². The topological polar surface area (TPSA) is 37.4 Å². The summed E-state index contributed by atoms with van der Waals surface area (Å²) in [4.78, 5) is 0.193. The maximum atomic E-state index is 14.5. The summed E-state index contributed by atoms with van der Waals surface area (Å²) in [5, 5.41) is 0. The van der Waals surface area contributed by atoms with Gasteiger partial charge in [0.2, 0.25) is 10.0 Å². The fraction of sp³-hybridized carbons (Fsp3) is 0.176. The van der Waals surface area contributed by atoms with Gasteiger partial charge in [-0.3, -0.25) is 0 Å². The van der Waals surface area contributed by atoms with Crippen molar-refractivity contribution < 1.29 is 12.8 Å². The average molecular weight is 317 g/mol. The molecular formula is C17H16FNO2S. The van der Waals surface area contributed by atoms with Crippen LogP contribution in [-0.4, -0.2) is 32.0 Å². The van der Waals surface area contributed by atoms with Gasteiger partial charge in [-0.15, -0.1) is 0 Å². The first kappa shape index (κ1) is 14.9. The lowest BCUT2D eigenvalue weighted by atomic mass is 9.99. The largest absolute Gasteiger partial charge is 0.243 e. The van der Waals surface area contributed by atoms with Crippen LogP contribution in [0.25, 0.3) is 5.57 Å². The third-order valence-electron chi connectivity index (χ3n) is 3.70. The van der Waals surface area contributed by atoms with Gasteiger partial charge in [0, 0.05) is 13.1 Å². The van der Waals surface area contributed by atoms with E-state index in [2.05, 4.69) is 0 Å². The van der Waals surface area contributed by atoms with Crippen LogP contribution in [0, 0.1) is 0 Å². The normalized spacial score (nSPS) is 19.7. The van der Waals surface area contributed by atoms with Gasteiger partial charge < -0.3 is 0 Å². The lowest BCUT2D eigenvalue weighted by Gasteiger charge is -2.28. The van der Waals surface area contributed by atoms with E-state index in [0.29, 0.717) is 5.57 Å². The summed E-state index contributed by atoms with van der Waals surface area (Å²) < 4.78 is 40.6. The van der Waals surface area contributed by atoms with Crippen LogP contribution in [0.3, 0.4) is 0 Å². The lowest BCUT2D eigenvalue weighted by Crippen LogP contribution is -2.39. The van der Waals surface area contributed by atoms with Crippen LogP contribution in [-0.2, 0) is 10.0 Å². The molecule has 1 heterocycles. The van der Waals surface area contributed by atoms with Gasteiger partial charge in [0.05, 0.1) is 4.90 Å². The van der Waals surface area contributed by atoms with Crippen LogP contribution >= 0.6 is 0 Å². The number of halogens is 1. The minimum Gasteiger partial charge on any atom is -0.241 e. The van der Waals surface area contributed by atoms with Crippen molar-refractivity contribution in [1.29, 1.82) is 0 Å². The van der Waals surface area contributed by atoms with E-state index < -0.39 is 16.2 Å². The molecule has 5 heteroatoms. The Morgan fingerprint density at radius 3 is 2.14 bits per heavy atom. The minimum atomic E-state index is -3.65. The van der Waals surface area contributed by atoms with Crippen LogP contribution in [0.2, 0.25) is 0 Å². The third-order valence-corrected chi connectivity index (χ3v) is 5.55. The maximum absolute atomic E-state index is 14.5. The average Bonchev–Trinajstić information content (AvgIpc) is 2.56. The molecular weight excluding hydrogens is 301 g/mol. The molecule has 0 saturated carbocycles. The van der Waals surface area contributed by atoms with Crippen LogP contribution in [0.4, 0.5) is 4.39 Å². The molecule has 22 heavy (non-hydrogen) atoms. The summed E-state index contributed by atoms with van der Waals surface area (Å²) >= 11 is 0. The summed E-state index contributed by atoms with van der Waals surface area (Å²) in [6, 6.07) is 17.3. The second-order valence-corrected chi connectivity index (χ2v) is 7.07. The fourth-order valence-corrected chi connectivity index (χ4v) is 3.94. The van der Waals surface area contributed by atoms with Crippen molar-refractivity contribution in [2.75, 3.05) is 13.1 Å². The Morgan fingerprint density at radius 2 is 1.55 bits per heavy atom. The monoisotopic (exact) mass is 317 g/mol. The predicted octanol–water partition coefficient (Wildman–Crippen LogP) is 3.11. The highest BCUT2D eigenvalue weighted by atomic mass is 32.2. The Labute approximate surface area is 129 Å². The van der Waals surface area contributed by atoms with Crippen LogP contribution in [0.5, 0.6) is 0 Å². The highest BCUT2D eigenvalue weighted by Gasteiger charge is 2.31. The molecule has 2 aromatic rings. The van der Waals surface area contributed by atoms with Crippen molar-refractivity contribution in [2.24, 2.45) is 0 Å². The summed E-state index contributed by atoms with van der Waals surface area (Å²) in [6.45, 7) is 0.0276. The molecule has 0 bridgehead atoms. The number of hydrogen-bond donors (Lipinski definition) is 0. The van der Waals surface area contributed by atoms with Gasteiger partial charge in [0.1, 0.15) is 6.17 Å². The van der Waals surface area contributed by atoms with E-state index in [1.165, 1.54) is 16.4 Å². The highest BCUT2D eigenvalue weighted by molar-refractivity contribution is 7.89. The van der Waals surface area contributed by atoms with Gasteiger partial charge in [-0.05, 0) is 23.3 Å². The zero-order chi connectivity index (χ0) is 15.6.